The summed E-state index contributed by atoms with van der Waals surface area (Å²) in [6.07, 6.45) is 1.49. The molecule has 0 saturated carbocycles. The largest absolute Gasteiger partial charge is 0.497 e. The molecule has 0 fully saturated rings. The zero-order valence-corrected chi connectivity index (χ0v) is 21.2. The highest BCUT2D eigenvalue weighted by molar-refractivity contribution is 9.10. The van der Waals surface area contributed by atoms with E-state index in [2.05, 4.69) is 31.8 Å². The first kappa shape index (κ1) is 25.8. The van der Waals surface area contributed by atoms with E-state index in [0.717, 1.165) is 11.3 Å². The Morgan fingerprint density at radius 1 is 1.06 bits per heavy atom. The molecule has 2 amide bonds. The van der Waals surface area contributed by atoms with E-state index in [1.807, 2.05) is 38.1 Å². The summed E-state index contributed by atoms with van der Waals surface area (Å²) in [5.41, 5.74) is 5.25. The number of hydrogen-bond donors (Lipinski definition) is 2. The lowest BCUT2D eigenvalue weighted by molar-refractivity contribution is -0.118. The van der Waals surface area contributed by atoms with Crippen LogP contribution in [0.3, 0.4) is 0 Å². The number of hydrazone groups is 1. The minimum absolute atomic E-state index is 0.197. The molecule has 0 radical (unpaired) electrons. The van der Waals surface area contributed by atoms with E-state index in [1.165, 1.54) is 13.3 Å². The highest BCUT2D eigenvalue weighted by Gasteiger charge is 2.14. The number of benzene rings is 3. The molecular formula is C26H26BrN3O5. The number of hydrogen-bond acceptors (Lipinski definition) is 6. The standard InChI is InChI=1S/C26H26BrN3O5/c1-4-34-23-13-18(15-28-30-26(32)19-9-7-10-20(14-19)33-3)12-21(27)25(23)35-16-24(31)29-22-11-6-5-8-17(22)2/h5-15H,4,16H2,1-3H3,(H,29,31)(H,30,32)/b28-15+. The van der Waals surface area contributed by atoms with Crippen LogP contribution in [0, 0.1) is 6.92 Å². The summed E-state index contributed by atoms with van der Waals surface area (Å²) < 4.78 is 17.2. The molecule has 0 heterocycles. The number of anilines is 1. The Balaban J connectivity index is 1.67. The van der Waals surface area contributed by atoms with Crippen LogP contribution in [0.2, 0.25) is 0 Å². The van der Waals surface area contributed by atoms with Crippen molar-refractivity contribution >= 4 is 39.6 Å². The maximum Gasteiger partial charge on any atom is 0.271 e. The van der Waals surface area contributed by atoms with Gasteiger partial charge in [-0.2, -0.15) is 5.10 Å². The number of carbonyl (C=O) groups excluding carboxylic acids is 2. The molecule has 0 unspecified atom stereocenters. The summed E-state index contributed by atoms with van der Waals surface area (Å²) in [7, 11) is 1.53. The van der Waals surface area contributed by atoms with Crippen LogP contribution >= 0.6 is 15.9 Å². The van der Waals surface area contributed by atoms with Gasteiger partial charge in [0.1, 0.15) is 5.75 Å². The van der Waals surface area contributed by atoms with Crippen LogP contribution in [0.4, 0.5) is 5.69 Å². The zero-order valence-electron chi connectivity index (χ0n) is 19.6. The van der Waals surface area contributed by atoms with E-state index in [4.69, 9.17) is 14.2 Å². The van der Waals surface area contributed by atoms with Gasteiger partial charge in [0.2, 0.25) is 0 Å². The third-order valence-electron chi connectivity index (χ3n) is 4.81. The molecule has 0 aliphatic carbocycles. The fourth-order valence-corrected chi connectivity index (χ4v) is 3.67. The molecular weight excluding hydrogens is 514 g/mol. The molecule has 35 heavy (non-hydrogen) atoms. The fourth-order valence-electron chi connectivity index (χ4n) is 3.10. The van der Waals surface area contributed by atoms with Crippen molar-refractivity contribution in [2.24, 2.45) is 5.10 Å². The van der Waals surface area contributed by atoms with Gasteiger partial charge in [-0.15, -0.1) is 0 Å². The SMILES string of the molecule is CCOc1cc(/C=N/NC(=O)c2cccc(OC)c2)cc(Br)c1OCC(=O)Nc1ccccc1C. The molecule has 9 heteroatoms. The maximum atomic E-state index is 12.4. The van der Waals surface area contributed by atoms with Gasteiger partial charge in [-0.25, -0.2) is 5.43 Å². The molecule has 0 aliphatic rings. The Morgan fingerprint density at radius 3 is 2.60 bits per heavy atom. The summed E-state index contributed by atoms with van der Waals surface area (Å²) in [6, 6.07) is 17.7. The van der Waals surface area contributed by atoms with E-state index in [1.54, 1.807) is 36.4 Å². The van der Waals surface area contributed by atoms with Crippen molar-refractivity contribution in [2.75, 3.05) is 25.6 Å². The van der Waals surface area contributed by atoms with E-state index in [0.29, 0.717) is 39.5 Å². The van der Waals surface area contributed by atoms with Gasteiger partial charge in [0.15, 0.2) is 18.1 Å². The van der Waals surface area contributed by atoms with Crippen LogP contribution in [0.25, 0.3) is 0 Å². The smallest absolute Gasteiger partial charge is 0.271 e. The van der Waals surface area contributed by atoms with Crippen molar-refractivity contribution in [1.82, 2.24) is 5.43 Å². The first-order chi connectivity index (χ1) is 16.9. The van der Waals surface area contributed by atoms with Gasteiger partial charge in [0.25, 0.3) is 11.8 Å². The van der Waals surface area contributed by atoms with Crippen molar-refractivity contribution in [3.8, 4) is 17.2 Å². The van der Waals surface area contributed by atoms with Gasteiger partial charge >= 0.3 is 0 Å². The lowest BCUT2D eigenvalue weighted by Gasteiger charge is -2.15. The Labute approximate surface area is 212 Å². The minimum atomic E-state index is -0.371. The van der Waals surface area contributed by atoms with Gasteiger partial charge in [-0.05, 0) is 77.3 Å². The molecule has 0 spiro atoms. The minimum Gasteiger partial charge on any atom is -0.497 e. The number of halogens is 1. The normalized spacial score (nSPS) is 10.6. The number of ether oxygens (including phenoxy) is 3. The molecule has 0 aromatic heterocycles. The Kier molecular flexibility index (Phi) is 9.25. The van der Waals surface area contributed by atoms with E-state index >= 15 is 0 Å². The Hall–Kier alpha value is -3.85. The van der Waals surface area contributed by atoms with Crippen LogP contribution in [-0.2, 0) is 4.79 Å². The number of para-hydroxylation sites is 1. The predicted molar refractivity (Wildman–Crippen MR) is 139 cm³/mol. The fraction of sp³-hybridized carbons (Fsp3) is 0.192. The maximum absolute atomic E-state index is 12.4. The van der Waals surface area contributed by atoms with Gasteiger partial charge in [-0.1, -0.05) is 24.3 Å². The second-order valence-corrected chi connectivity index (χ2v) is 8.20. The van der Waals surface area contributed by atoms with Gasteiger partial charge in [0, 0.05) is 11.3 Å². The van der Waals surface area contributed by atoms with E-state index in [9.17, 15) is 9.59 Å². The van der Waals surface area contributed by atoms with Crippen molar-refractivity contribution in [1.29, 1.82) is 0 Å². The lowest BCUT2D eigenvalue weighted by Crippen LogP contribution is -2.21. The number of aryl methyl sites for hydroxylation is 1. The van der Waals surface area contributed by atoms with Crippen molar-refractivity contribution in [3.63, 3.8) is 0 Å². The van der Waals surface area contributed by atoms with Crippen molar-refractivity contribution < 1.29 is 23.8 Å². The molecule has 2 N–H and O–H groups in total. The van der Waals surface area contributed by atoms with Crippen LogP contribution < -0.4 is 25.0 Å². The average Bonchev–Trinajstić information content (AvgIpc) is 2.85. The molecule has 3 aromatic carbocycles. The van der Waals surface area contributed by atoms with Crippen LogP contribution in [0.1, 0.15) is 28.4 Å². The number of nitrogens with zero attached hydrogens (tertiary/aromatic N) is 1. The highest BCUT2D eigenvalue weighted by Crippen LogP contribution is 2.36. The zero-order chi connectivity index (χ0) is 25.2. The second-order valence-electron chi connectivity index (χ2n) is 7.35. The van der Waals surface area contributed by atoms with Crippen LogP contribution in [0.15, 0.2) is 70.2 Å². The van der Waals surface area contributed by atoms with Gasteiger partial charge in [0.05, 0.1) is 24.4 Å². The average molecular weight is 540 g/mol. The number of rotatable bonds is 10. The monoisotopic (exact) mass is 539 g/mol. The summed E-state index contributed by atoms with van der Waals surface area (Å²) in [5, 5.41) is 6.86. The van der Waals surface area contributed by atoms with E-state index in [-0.39, 0.29) is 18.4 Å². The van der Waals surface area contributed by atoms with E-state index < -0.39 is 0 Å². The number of nitrogens with one attached hydrogen (secondary N) is 2. The summed E-state index contributed by atoms with van der Waals surface area (Å²) in [5.74, 6) is 0.744. The molecule has 8 nitrogen and oxygen atoms in total. The number of methoxy groups -OCH3 is 1. The summed E-state index contributed by atoms with van der Waals surface area (Å²) in [4.78, 5) is 24.7. The number of carbonyl (C=O) groups is 2. The third-order valence-corrected chi connectivity index (χ3v) is 5.40. The van der Waals surface area contributed by atoms with Gasteiger partial charge in [-0.3, -0.25) is 9.59 Å². The predicted octanol–water partition coefficient (Wildman–Crippen LogP) is 4.95. The first-order valence-electron chi connectivity index (χ1n) is 10.8. The lowest BCUT2D eigenvalue weighted by atomic mass is 10.2. The molecule has 0 bridgehead atoms. The van der Waals surface area contributed by atoms with Crippen molar-refractivity contribution in [3.05, 3.63) is 81.8 Å². The molecule has 0 atom stereocenters. The topological polar surface area (TPSA) is 98.2 Å². The Morgan fingerprint density at radius 2 is 1.86 bits per heavy atom. The molecule has 0 aliphatic heterocycles. The van der Waals surface area contributed by atoms with Crippen LogP contribution in [0.5, 0.6) is 17.2 Å². The van der Waals surface area contributed by atoms with Crippen LogP contribution in [-0.4, -0.2) is 38.4 Å². The summed E-state index contributed by atoms with van der Waals surface area (Å²) in [6.45, 7) is 3.96. The number of amides is 2. The van der Waals surface area contributed by atoms with Crippen molar-refractivity contribution in [2.45, 2.75) is 13.8 Å². The second kappa shape index (κ2) is 12.6. The van der Waals surface area contributed by atoms with Gasteiger partial charge < -0.3 is 19.5 Å². The molecule has 182 valence electrons. The highest BCUT2D eigenvalue weighted by atomic mass is 79.9. The summed E-state index contributed by atoms with van der Waals surface area (Å²) >= 11 is 3.47. The molecule has 3 aromatic rings. The molecule has 0 saturated heterocycles. The first-order valence-corrected chi connectivity index (χ1v) is 11.6. The third kappa shape index (κ3) is 7.31. The quantitative estimate of drug-likeness (QED) is 0.280. The molecule has 3 rings (SSSR count). The Bertz CT molecular complexity index is 1230.